The van der Waals surface area contributed by atoms with E-state index < -0.39 is 29.4 Å². The third kappa shape index (κ3) is 5.73. The van der Waals surface area contributed by atoms with Crippen LogP contribution >= 0.6 is 11.3 Å². The molecule has 0 bridgehead atoms. The van der Waals surface area contributed by atoms with Gasteiger partial charge in [0.2, 0.25) is 0 Å². The Morgan fingerprint density at radius 2 is 1.32 bits per heavy atom. The van der Waals surface area contributed by atoms with Crippen molar-refractivity contribution in [3.63, 3.8) is 0 Å². The quantitative estimate of drug-likeness (QED) is 0.350. The molecule has 1 rings (SSSR count). The SMILES string of the molecule is CCC[CH2][Sn]([CH2]CCC)([CH2]CCC)[c]1ccc(C(F)(F)F)s1. The van der Waals surface area contributed by atoms with E-state index in [1.807, 2.05) is 6.07 Å². The van der Waals surface area contributed by atoms with E-state index >= 15 is 0 Å². The van der Waals surface area contributed by atoms with E-state index in [9.17, 15) is 13.2 Å². The predicted molar refractivity (Wildman–Crippen MR) is 93.9 cm³/mol. The van der Waals surface area contributed by atoms with Crippen molar-refractivity contribution in [1.82, 2.24) is 0 Å². The first-order valence-electron chi connectivity index (χ1n) is 8.57. The second-order valence-electron chi connectivity index (χ2n) is 6.25. The molecular weight excluding hydrogens is 412 g/mol. The first-order chi connectivity index (χ1) is 10.4. The molecule has 0 aliphatic carbocycles. The van der Waals surface area contributed by atoms with Crippen LogP contribution in [0.1, 0.15) is 64.2 Å². The number of thiophene rings is 1. The van der Waals surface area contributed by atoms with Crippen LogP contribution < -0.4 is 2.89 Å². The summed E-state index contributed by atoms with van der Waals surface area (Å²) in [5.74, 6) is 0. The maximum absolute atomic E-state index is 13.0. The zero-order chi connectivity index (χ0) is 16.6. The number of hydrogen-bond donors (Lipinski definition) is 0. The van der Waals surface area contributed by atoms with Crippen LogP contribution in [0.25, 0.3) is 0 Å². The van der Waals surface area contributed by atoms with Gasteiger partial charge in [0.15, 0.2) is 0 Å². The molecule has 0 unspecified atom stereocenters. The van der Waals surface area contributed by atoms with Crippen LogP contribution in [0.15, 0.2) is 12.1 Å². The molecule has 0 aliphatic rings. The van der Waals surface area contributed by atoms with E-state index in [4.69, 9.17) is 0 Å². The van der Waals surface area contributed by atoms with Gasteiger partial charge >= 0.3 is 142 Å². The van der Waals surface area contributed by atoms with Crippen LogP contribution in [0, 0.1) is 0 Å². The number of alkyl halides is 3. The number of hydrogen-bond acceptors (Lipinski definition) is 1. The van der Waals surface area contributed by atoms with Gasteiger partial charge in [-0.1, -0.05) is 0 Å². The van der Waals surface area contributed by atoms with Gasteiger partial charge in [-0.2, -0.15) is 0 Å². The van der Waals surface area contributed by atoms with Crippen molar-refractivity contribution >= 4 is 32.6 Å². The van der Waals surface area contributed by atoms with E-state index in [0.717, 1.165) is 33.5 Å². The Hall–Kier alpha value is 0.289. The molecule has 0 aliphatic heterocycles. The summed E-state index contributed by atoms with van der Waals surface area (Å²) in [6, 6.07) is 3.17. The van der Waals surface area contributed by atoms with Crippen molar-refractivity contribution < 1.29 is 13.2 Å². The fourth-order valence-corrected chi connectivity index (χ4v) is 23.1. The summed E-state index contributed by atoms with van der Waals surface area (Å²) in [6.07, 6.45) is 2.81. The third-order valence-corrected chi connectivity index (χ3v) is 23.8. The topological polar surface area (TPSA) is 0 Å². The molecule has 1 aromatic rings. The summed E-state index contributed by atoms with van der Waals surface area (Å²) in [5.41, 5.74) is 0. The molecule has 0 atom stereocenters. The molecular formula is C17H29F3SSn. The number of rotatable bonds is 10. The van der Waals surface area contributed by atoms with Crippen molar-refractivity contribution in [1.29, 1.82) is 0 Å². The molecule has 0 saturated carbocycles. The first-order valence-corrected chi connectivity index (χ1v) is 16.9. The van der Waals surface area contributed by atoms with Gasteiger partial charge in [-0.25, -0.2) is 0 Å². The molecule has 0 spiro atoms. The Labute approximate surface area is 141 Å². The molecule has 128 valence electrons. The second-order valence-corrected chi connectivity index (χ2v) is 21.5. The Bertz CT molecular complexity index is 404. The van der Waals surface area contributed by atoms with Gasteiger partial charge in [-0.15, -0.1) is 0 Å². The Morgan fingerprint density at radius 3 is 1.64 bits per heavy atom. The van der Waals surface area contributed by atoms with E-state index in [-0.39, 0.29) is 0 Å². The van der Waals surface area contributed by atoms with Gasteiger partial charge in [0.05, 0.1) is 0 Å². The van der Waals surface area contributed by atoms with Crippen LogP contribution in [0.2, 0.25) is 13.3 Å². The number of halogens is 3. The zero-order valence-electron chi connectivity index (χ0n) is 14.1. The molecule has 22 heavy (non-hydrogen) atoms. The van der Waals surface area contributed by atoms with Crippen molar-refractivity contribution in [3.8, 4) is 0 Å². The minimum atomic E-state index is -4.18. The molecule has 0 saturated heterocycles. The van der Waals surface area contributed by atoms with E-state index in [1.165, 1.54) is 38.6 Å². The van der Waals surface area contributed by atoms with Gasteiger partial charge in [0.1, 0.15) is 0 Å². The van der Waals surface area contributed by atoms with Crippen molar-refractivity contribution in [2.45, 2.75) is 78.8 Å². The average Bonchev–Trinajstić information content (AvgIpc) is 2.97. The normalized spacial score (nSPS) is 12.8. The van der Waals surface area contributed by atoms with E-state index in [1.54, 1.807) is 0 Å². The monoisotopic (exact) mass is 442 g/mol. The van der Waals surface area contributed by atoms with Crippen molar-refractivity contribution in [2.75, 3.05) is 0 Å². The van der Waals surface area contributed by atoms with E-state index in [2.05, 4.69) is 20.8 Å². The van der Waals surface area contributed by atoms with Crippen LogP contribution in [-0.4, -0.2) is 18.4 Å². The number of unbranched alkanes of at least 4 members (excludes halogenated alkanes) is 3. The van der Waals surface area contributed by atoms with Gasteiger partial charge in [0.25, 0.3) is 0 Å². The molecule has 0 N–H and O–H groups in total. The summed E-state index contributed by atoms with van der Waals surface area (Å²) in [7, 11) is 0. The molecule has 0 fully saturated rings. The Morgan fingerprint density at radius 1 is 0.864 bits per heavy atom. The molecule has 0 amide bonds. The fraction of sp³-hybridized carbons (Fsp3) is 0.765. The summed E-state index contributed by atoms with van der Waals surface area (Å²) in [5, 5.41) is 0. The third-order valence-electron chi connectivity index (χ3n) is 4.43. The molecule has 0 nitrogen and oxygen atoms in total. The second kappa shape index (κ2) is 9.55. The standard InChI is InChI=1S/C5H2F3S.3C4H9.Sn/c6-5(7,8)4-2-1-3-9-4;3*1-3-4-2;/h1-2H;3*1,3-4H2,2H3;. The van der Waals surface area contributed by atoms with Crippen molar-refractivity contribution in [2.24, 2.45) is 0 Å². The summed E-state index contributed by atoms with van der Waals surface area (Å²) in [6.45, 7) is 6.56. The van der Waals surface area contributed by atoms with E-state index in [0.29, 0.717) is 0 Å². The van der Waals surface area contributed by atoms with Crippen LogP contribution in [-0.2, 0) is 6.18 Å². The van der Waals surface area contributed by atoms with Gasteiger partial charge in [-0.05, 0) is 0 Å². The predicted octanol–water partition coefficient (Wildman–Crippen LogP) is 6.82. The van der Waals surface area contributed by atoms with Gasteiger partial charge in [-0.3, -0.25) is 0 Å². The van der Waals surface area contributed by atoms with Crippen LogP contribution in [0.4, 0.5) is 13.2 Å². The van der Waals surface area contributed by atoms with Gasteiger partial charge in [0, 0.05) is 0 Å². The molecule has 0 aromatic carbocycles. The zero-order valence-corrected chi connectivity index (χ0v) is 17.7. The Kier molecular flexibility index (Phi) is 8.83. The summed E-state index contributed by atoms with van der Waals surface area (Å²) >= 11 is -1.59. The maximum atomic E-state index is 13.0. The Balaban J connectivity index is 3.10. The van der Waals surface area contributed by atoms with Crippen molar-refractivity contribution in [3.05, 3.63) is 17.0 Å². The minimum absolute atomic E-state index is 0.395. The molecule has 1 aromatic heterocycles. The molecule has 1 heterocycles. The van der Waals surface area contributed by atoms with Crippen LogP contribution in [0.3, 0.4) is 0 Å². The summed E-state index contributed by atoms with van der Waals surface area (Å²) in [4.78, 5) is -0.395. The summed E-state index contributed by atoms with van der Waals surface area (Å²) < 4.78 is 43.8. The average molecular weight is 441 g/mol. The fourth-order valence-electron chi connectivity index (χ4n) is 3.07. The molecule has 0 radical (unpaired) electrons. The first kappa shape index (κ1) is 20.3. The molecule has 5 heteroatoms. The van der Waals surface area contributed by atoms with Gasteiger partial charge < -0.3 is 0 Å². The van der Waals surface area contributed by atoms with Crippen LogP contribution in [0.5, 0.6) is 0 Å².